The van der Waals surface area contributed by atoms with E-state index in [1.807, 2.05) is 24.3 Å². The number of nitrogens with one attached hydrogen (secondary N) is 1. The van der Waals surface area contributed by atoms with Crippen molar-refractivity contribution in [1.82, 2.24) is 20.3 Å². The molecule has 1 aliphatic rings. The summed E-state index contributed by atoms with van der Waals surface area (Å²) in [6.07, 6.45) is 1.63. The molecule has 7 heteroatoms. The van der Waals surface area contributed by atoms with Crippen molar-refractivity contribution >= 4 is 21.9 Å². The summed E-state index contributed by atoms with van der Waals surface area (Å²) >= 11 is 3.41. The molecule has 6 nitrogen and oxygen atoms in total. The number of halogens is 1. The first kappa shape index (κ1) is 13.3. The summed E-state index contributed by atoms with van der Waals surface area (Å²) in [6, 6.07) is 7.89. The van der Waals surface area contributed by atoms with Crippen LogP contribution in [-0.2, 0) is 11.3 Å². The van der Waals surface area contributed by atoms with Gasteiger partial charge in [-0.15, -0.1) is 5.10 Å². The number of benzene rings is 1. The second kappa shape index (κ2) is 5.72. The average Bonchev–Trinajstić information content (AvgIpc) is 2.85. The van der Waals surface area contributed by atoms with Gasteiger partial charge < -0.3 is 10.1 Å². The van der Waals surface area contributed by atoms with Gasteiger partial charge in [-0.05, 0) is 6.07 Å². The monoisotopic (exact) mass is 336 g/mol. The van der Waals surface area contributed by atoms with Gasteiger partial charge in [0.25, 0.3) is 0 Å². The SMILES string of the molecule is O=C(OCc1ccccc1Br)c1cn(C2CNC2)nn1. The fourth-order valence-corrected chi connectivity index (χ4v) is 2.24. The molecule has 1 aliphatic heterocycles. The van der Waals surface area contributed by atoms with Crippen molar-refractivity contribution in [3.8, 4) is 0 Å². The lowest BCUT2D eigenvalue weighted by atomic mass is 10.2. The molecule has 0 radical (unpaired) electrons. The Hall–Kier alpha value is -1.73. The molecule has 2 heterocycles. The van der Waals surface area contributed by atoms with Gasteiger partial charge >= 0.3 is 5.97 Å². The standard InChI is InChI=1S/C13H13BrN4O2/c14-11-4-2-1-3-9(11)8-20-13(19)12-7-18(17-16-12)10-5-15-6-10/h1-4,7,10,15H,5-6,8H2. The molecule has 0 atom stereocenters. The number of hydrogen-bond donors (Lipinski definition) is 1. The fourth-order valence-electron chi connectivity index (χ4n) is 1.84. The van der Waals surface area contributed by atoms with Gasteiger partial charge in [0.2, 0.25) is 0 Å². The number of rotatable bonds is 4. The maximum absolute atomic E-state index is 11.9. The summed E-state index contributed by atoms with van der Waals surface area (Å²) < 4.78 is 7.85. The van der Waals surface area contributed by atoms with Gasteiger partial charge in [-0.1, -0.05) is 39.3 Å². The molecule has 0 saturated carbocycles. The van der Waals surface area contributed by atoms with Gasteiger partial charge in [0.15, 0.2) is 5.69 Å². The van der Waals surface area contributed by atoms with Crippen LogP contribution in [0.5, 0.6) is 0 Å². The third-order valence-electron chi connectivity index (χ3n) is 3.17. The zero-order valence-electron chi connectivity index (χ0n) is 10.6. The Morgan fingerprint density at radius 3 is 2.95 bits per heavy atom. The summed E-state index contributed by atoms with van der Waals surface area (Å²) in [7, 11) is 0. The van der Waals surface area contributed by atoms with E-state index in [1.54, 1.807) is 10.9 Å². The van der Waals surface area contributed by atoms with Crippen LogP contribution in [0.4, 0.5) is 0 Å². The lowest BCUT2D eigenvalue weighted by molar-refractivity contribution is 0.0465. The average molecular weight is 337 g/mol. The first-order chi connectivity index (χ1) is 9.74. The van der Waals surface area contributed by atoms with Crippen LogP contribution in [0.2, 0.25) is 0 Å². The van der Waals surface area contributed by atoms with Crippen molar-refractivity contribution in [1.29, 1.82) is 0 Å². The van der Waals surface area contributed by atoms with E-state index in [9.17, 15) is 4.79 Å². The zero-order valence-corrected chi connectivity index (χ0v) is 12.2. The van der Waals surface area contributed by atoms with E-state index in [-0.39, 0.29) is 18.3 Å². The molecule has 0 aliphatic carbocycles. The summed E-state index contributed by atoms with van der Waals surface area (Å²) in [5.74, 6) is -0.459. The second-order valence-electron chi connectivity index (χ2n) is 4.56. The molecule has 1 aromatic heterocycles. The number of hydrogen-bond acceptors (Lipinski definition) is 5. The van der Waals surface area contributed by atoms with E-state index in [1.165, 1.54) is 0 Å². The molecule has 0 amide bonds. The Bertz CT molecular complexity index is 624. The molecular formula is C13H13BrN4O2. The van der Waals surface area contributed by atoms with Gasteiger partial charge in [-0.25, -0.2) is 9.48 Å². The van der Waals surface area contributed by atoms with Gasteiger partial charge in [-0.2, -0.15) is 0 Å². The maximum atomic E-state index is 11.9. The van der Waals surface area contributed by atoms with Crippen LogP contribution in [0.1, 0.15) is 22.1 Å². The van der Waals surface area contributed by atoms with Crippen molar-refractivity contribution < 1.29 is 9.53 Å². The van der Waals surface area contributed by atoms with Gasteiger partial charge in [0.1, 0.15) is 6.61 Å². The molecule has 1 N–H and O–H groups in total. The minimum atomic E-state index is -0.459. The highest BCUT2D eigenvalue weighted by molar-refractivity contribution is 9.10. The zero-order chi connectivity index (χ0) is 13.9. The van der Waals surface area contributed by atoms with Crippen molar-refractivity contribution in [2.45, 2.75) is 12.6 Å². The highest BCUT2D eigenvalue weighted by Gasteiger charge is 2.22. The van der Waals surface area contributed by atoms with Gasteiger partial charge in [0, 0.05) is 23.1 Å². The van der Waals surface area contributed by atoms with E-state index in [2.05, 4.69) is 31.6 Å². The van der Waals surface area contributed by atoms with E-state index in [0.29, 0.717) is 0 Å². The summed E-state index contributed by atoms with van der Waals surface area (Å²) in [6.45, 7) is 1.92. The van der Waals surface area contributed by atoms with Crippen molar-refractivity contribution in [3.05, 3.63) is 46.2 Å². The molecule has 3 rings (SSSR count). The third-order valence-corrected chi connectivity index (χ3v) is 3.94. The van der Waals surface area contributed by atoms with Crippen LogP contribution in [0.25, 0.3) is 0 Å². The molecule has 20 heavy (non-hydrogen) atoms. The van der Waals surface area contributed by atoms with Crippen LogP contribution in [-0.4, -0.2) is 34.1 Å². The maximum Gasteiger partial charge on any atom is 0.360 e. The Morgan fingerprint density at radius 2 is 2.25 bits per heavy atom. The van der Waals surface area contributed by atoms with E-state index in [4.69, 9.17) is 4.74 Å². The minimum absolute atomic E-state index is 0.206. The summed E-state index contributed by atoms with van der Waals surface area (Å²) in [5.41, 5.74) is 1.15. The van der Waals surface area contributed by atoms with Crippen LogP contribution in [0.3, 0.4) is 0 Å². The number of esters is 1. The third kappa shape index (κ3) is 2.73. The summed E-state index contributed by atoms with van der Waals surface area (Å²) in [5, 5.41) is 10.9. The predicted molar refractivity (Wildman–Crippen MR) is 75.2 cm³/mol. The lowest BCUT2D eigenvalue weighted by Crippen LogP contribution is -2.43. The largest absolute Gasteiger partial charge is 0.456 e. The predicted octanol–water partition coefficient (Wildman–Crippen LogP) is 1.54. The van der Waals surface area contributed by atoms with E-state index >= 15 is 0 Å². The molecular weight excluding hydrogens is 324 g/mol. The number of ether oxygens (including phenoxy) is 1. The topological polar surface area (TPSA) is 69.0 Å². The highest BCUT2D eigenvalue weighted by Crippen LogP contribution is 2.17. The lowest BCUT2D eigenvalue weighted by Gasteiger charge is -2.26. The van der Waals surface area contributed by atoms with Crippen molar-refractivity contribution in [2.75, 3.05) is 13.1 Å². The fraction of sp³-hybridized carbons (Fsp3) is 0.308. The van der Waals surface area contributed by atoms with Crippen LogP contribution in [0.15, 0.2) is 34.9 Å². The van der Waals surface area contributed by atoms with Gasteiger partial charge in [0.05, 0.1) is 12.2 Å². The quantitative estimate of drug-likeness (QED) is 0.857. The molecule has 2 aromatic rings. The Labute approximate surface area is 124 Å². The normalized spacial score (nSPS) is 14.8. The molecule has 1 saturated heterocycles. The van der Waals surface area contributed by atoms with Crippen molar-refractivity contribution in [3.63, 3.8) is 0 Å². The molecule has 1 fully saturated rings. The van der Waals surface area contributed by atoms with Gasteiger partial charge in [-0.3, -0.25) is 0 Å². The van der Waals surface area contributed by atoms with Crippen LogP contribution >= 0.6 is 15.9 Å². The van der Waals surface area contributed by atoms with Crippen LogP contribution in [0, 0.1) is 0 Å². The first-order valence-corrected chi connectivity index (χ1v) is 7.06. The summed E-state index contributed by atoms with van der Waals surface area (Å²) in [4.78, 5) is 11.9. The highest BCUT2D eigenvalue weighted by atomic mass is 79.9. The number of nitrogens with zero attached hydrogens (tertiary/aromatic N) is 3. The molecule has 1 aromatic carbocycles. The second-order valence-corrected chi connectivity index (χ2v) is 5.42. The number of aromatic nitrogens is 3. The molecule has 0 unspecified atom stereocenters. The van der Waals surface area contributed by atoms with Crippen LogP contribution < -0.4 is 5.32 Å². The molecule has 104 valence electrons. The van der Waals surface area contributed by atoms with E-state index in [0.717, 1.165) is 23.1 Å². The number of carbonyl (C=O) groups excluding carboxylic acids is 1. The molecule has 0 spiro atoms. The minimum Gasteiger partial charge on any atom is -0.456 e. The Kier molecular flexibility index (Phi) is 3.79. The molecule has 0 bridgehead atoms. The van der Waals surface area contributed by atoms with E-state index < -0.39 is 5.97 Å². The smallest absolute Gasteiger partial charge is 0.360 e. The van der Waals surface area contributed by atoms with Crippen molar-refractivity contribution in [2.24, 2.45) is 0 Å². The first-order valence-electron chi connectivity index (χ1n) is 6.27. The Morgan fingerprint density at radius 1 is 1.45 bits per heavy atom. The number of carbonyl (C=O) groups is 1. The Balaban J connectivity index is 1.61.